The van der Waals surface area contributed by atoms with E-state index in [2.05, 4.69) is 15.3 Å². The molecule has 184 valence electrons. The van der Waals surface area contributed by atoms with Crippen molar-refractivity contribution in [1.82, 2.24) is 20.3 Å². The minimum Gasteiger partial charge on any atom is -0.379 e. The summed E-state index contributed by atoms with van der Waals surface area (Å²) >= 11 is 0. The zero-order valence-corrected chi connectivity index (χ0v) is 19.0. The number of ether oxygens (including phenoxy) is 1. The third-order valence-corrected chi connectivity index (χ3v) is 7.11. The van der Waals surface area contributed by atoms with E-state index in [0.29, 0.717) is 64.0 Å². The van der Waals surface area contributed by atoms with Gasteiger partial charge in [0.05, 0.1) is 24.8 Å². The van der Waals surface area contributed by atoms with E-state index in [0.717, 1.165) is 17.7 Å². The van der Waals surface area contributed by atoms with Gasteiger partial charge in [-0.25, -0.2) is 13.4 Å². The minimum absolute atomic E-state index is 0.291. The molecule has 3 heterocycles. The molecule has 13 heteroatoms. The number of nitrogens with zero attached hydrogens (tertiary/aromatic N) is 4. The van der Waals surface area contributed by atoms with Crippen molar-refractivity contribution >= 4 is 21.4 Å². The molecule has 0 atom stereocenters. The number of carbonyl (C=O) groups excluding carboxylic acids is 1. The lowest BCUT2D eigenvalue weighted by Gasteiger charge is -2.26. The van der Waals surface area contributed by atoms with E-state index in [-0.39, 0.29) is 5.91 Å². The van der Waals surface area contributed by atoms with Gasteiger partial charge in [-0.05, 0) is 42.0 Å². The molecule has 9 nitrogen and oxygen atoms in total. The first-order chi connectivity index (χ1) is 16.1. The molecule has 0 saturated carbocycles. The molecule has 0 radical (unpaired) electrons. The van der Waals surface area contributed by atoms with E-state index >= 15 is 0 Å². The maximum Gasteiger partial charge on any atom is 0.501 e. The summed E-state index contributed by atoms with van der Waals surface area (Å²) in [6, 6.07) is 8.26. The normalized spacial score (nSPS) is 18.3. The highest BCUT2D eigenvalue weighted by molar-refractivity contribution is 7.92. The highest BCUT2D eigenvalue weighted by atomic mass is 32.2. The topological polar surface area (TPSA) is 95.1 Å². The summed E-state index contributed by atoms with van der Waals surface area (Å²) < 4.78 is 66.5. The number of halogens is 3. The van der Waals surface area contributed by atoms with Crippen LogP contribution in [0.5, 0.6) is 0 Å². The molecule has 1 amide bonds. The lowest BCUT2D eigenvalue weighted by Crippen LogP contribution is -2.48. The van der Waals surface area contributed by atoms with E-state index in [9.17, 15) is 26.4 Å². The number of rotatable bonds is 6. The highest BCUT2D eigenvalue weighted by Crippen LogP contribution is 2.31. The largest absolute Gasteiger partial charge is 0.501 e. The van der Waals surface area contributed by atoms with Crippen LogP contribution in [0.1, 0.15) is 16.1 Å². The van der Waals surface area contributed by atoms with Crippen molar-refractivity contribution in [3.63, 3.8) is 0 Å². The number of aromatic nitrogens is 1. The number of nitrogens with one attached hydrogen (secondary N) is 1. The average Bonchev–Trinajstić information content (AvgIpc) is 3.28. The van der Waals surface area contributed by atoms with Gasteiger partial charge in [0.1, 0.15) is 5.69 Å². The molecule has 1 aromatic heterocycles. The number of hydrogen-bond donors (Lipinski definition) is 1. The van der Waals surface area contributed by atoms with E-state index in [4.69, 9.17) is 4.74 Å². The van der Waals surface area contributed by atoms with Gasteiger partial charge >= 0.3 is 5.51 Å². The van der Waals surface area contributed by atoms with Crippen molar-refractivity contribution in [3.8, 4) is 0 Å². The Hall–Kier alpha value is -2.74. The van der Waals surface area contributed by atoms with Gasteiger partial charge in [0.25, 0.3) is 15.7 Å². The van der Waals surface area contributed by atoms with E-state index in [1.54, 1.807) is 17.3 Å². The first-order valence-corrected chi connectivity index (χ1v) is 12.1. The molecule has 2 aliphatic rings. The summed E-state index contributed by atoms with van der Waals surface area (Å²) in [7, 11) is -5.37. The first-order valence-electron chi connectivity index (χ1n) is 10.6. The lowest BCUT2D eigenvalue weighted by atomic mass is 10.2. The van der Waals surface area contributed by atoms with Gasteiger partial charge in [-0.3, -0.25) is 20.1 Å². The molecule has 2 aromatic rings. The minimum atomic E-state index is -5.37. The van der Waals surface area contributed by atoms with E-state index < -0.39 is 20.2 Å². The number of amides is 1. The molecule has 4 rings (SSSR count). The van der Waals surface area contributed by atoms with Crippen molar-refractivity contribution in [2.45, 2.75) is 16.9 Å². The Morgan fingerprint density at radius 1 is 1.06 bits per heavy atom. The van der Waals surface area contributed by atoms with Crippen LogP contribution in [0.15, 0.2) is 47.5 Å². The highest BCUT2D eigenvalue weighted by Gasteiger charge is 2.46. The first kappa shape index (κ1) is 24.4. The van der Waals surface area contributed by atoms with Gasteiger partial charge in [-0.2, -0.15) is 13.2 Å². The zero-order chi connectivity index (χ0) is 24.3. The van der Waals surface area contributed by atoms with Gasteiger partial charge in [-0.1, -0.05) is 0 Å². The molecular formula is C21H24F3N5O4S. The molecule has 2 aliphatic heterocycles. The fourth-order valence-electron chi connectivity index (χ4n) is 3.79. The number of hydrazine groups is 1. The third-order valence-electron chi connectivity index (χ3n) is 5.61. The Kier molecular flexibility index (Phi) is 7.07. The van der Waals surface area contributed by atoms with Crippen molar-refractivity contribution in [2.75, 3.05) is 51.0 Å². The molecule has 2 fully saturated rings. The number of carbonyl (C=O) groups is 1. The molecule has 0 bridgehead atoms. The summed E-state index contributed by atoms with van der Waals surface area (Å²) in [6.07, 6.45) is 1.58. The summed E-state index contributed by atoms with van der Waals surface area (Å²) in [5, 5.41) is 1.80. The van der Waals surface area contributed by atoms with Gasteiger partial charge in [0, 0.05) is 44.6 Å². The maximum atomic E-state index is 12.7. The molecule has 1 aromatic carbocycles. The standard InChI is InChI=1S/C21H24F3N5O4S/c22-21(23,24)34(31,32)18-3-1-17(2-4-18)28-8-7-27(15-28)14-16-5-6-25-19(13-16)20(30)26-29-9-11-33-12-10-29/h1-6,13H,7-12,14-15H2,(H,26,30). The van der Waals surface area contributed by atoms with Crippen LogP contribution in [0.4, 0.5) is 18.9 Å². The number of benzene rings is 1. The Morgan fingerprint density at radius 2 is 1.76 bits per heavy atom. The van der Waals surface area contributed by atoms with Gasteiger partial charge in [0.2, 0.25) is 0 Å². The molecule has 0 spiro atoms. The monoisotopic (exact) mass is 499 g/mol. The van der Waals surface area contributed by atoms with Crippen LogP contribution in [0.3, 0.4) is 0 Å². The summed E-state index contributed by atoms with van der Waals surface area (Å²) in [4.78, 5) is 19.9. The van der Waals surface area contributed by atoms with Crippen molar-refractivity contribution < 1.29 is 31.1 Å². The molecule has 2 saturated heterocycles. The third kappa shape index (κ3) is 5.49. The Balaban J connectivity index is 1.35. The number of morpholine rings is 1. The second-order valence-electron chi connectivity index (χ2n) is 7.99. The van der Waals surface area contributed by atoms with Crippen molar-refractivity contribution in [3.05, 3.63) is 53.9 Å². The Morgan fingerprint density at radius 3 is 2.44 bits per heavy atom. The number of alkyl halides is 3. The van der Waals surface area contributed by atoms with Crippen LogP contribution >= 0.6 is 0 Å². The summed E-state index contributed by atoms with van der Waals surface area (Å²) in [5.41, 5.74) is -0.672. The van der Waals surface area contributed by atoms with Crippen molar-refractivity contribution in [1.29, 1.82) is 0 Å². The average molecular weight is 500 g/mol. The molecular weight excluding hydrogens is 475 g/mol. The van der Waals surface area contributed by atoms with Crippen molar-refractivity contribution in [2.24, 2.45) is 0 Å². The van der Waals surface area contributed by atoms with Crippen LogP contribution < -0.4 is 10.3 Å². The van der Waals surface area contributed by atoms with E-state index in [1.165, 1.54) is 12.1 Å². The quantitative estimate of drug-likeness (QED) is 0.641. The smallest absolute Gasteiger partial charge is 0.379 e. The number of anilines is 1. The molecule has 0 unspecified atom stereocenters. The molecule has 34 heavy (non-hydrogen) atoms. The summed E-state index contributed by atoms with van der Waals surface area (Å²) in [5.74, 6) is -0.291. The van der Waals surface area contributed by atoms with Crippen LogP contribution in [-0.2, 0) is 21.1 Å². The molecule has 0 aliphatic carbocycles. The van der Waals surface area contributed by atoms with Gasteiger partial charge in [-0.15, -0.1) is 0 Å². The predicted octanol–water partition coefficient (Wildman–Crippen LogP) is 1.63. The maximum absolute atomic E-state index is 12.7. The second kappa shape index (κ2) is 9.86. The number of hydrogen-bond acceptors (Lipinski definition) is 8. The fourth-order valence-corrected chi connectivity index (χ4v) is 4.55. The zero-order valence-electron chi connectivity index (χ0n) is 18.2. The Bertz CT molecular complexity index is 1120. The fraction of sp³-hybridized carbons (Fsp3) is 0.429. The SMILES string of the molecule is O=C(NN1CCOCC1)c1cc(CN2CCN(c3ccc(S(=O)(=O)C(F)(F)F)cc3)C2)ccn1. The molecule has 1 N–H and O–H groups in total. The number of pyridine rings is 1. The Labute approximate surface area is 195 Å². The van der Waals surface area contributed by atoms with Crippen LogP contribution in [0, 0.1) is 0 Å². The van der Waals surface area contributed by atoms with Crippen LogP contribution in [-0.4, -0.2) is 80.8 Å². The van der Waals surface area contributed by atoms with Gasteiger partial charge in [0.15, 0.2) is 0 Å². The van der Waals surface area contributed by atoms with Gasteiger partial charge < -0.3 is 9.64 Å². The summed E-state index contributed by atoms with van der Waals surface area (Å²) in [6.45, 7) is 4.71. The lowest BCUT2D eigenvalue weighted by molar-refractivity contribution is -0.0436. The number of sulfone groups is 1. The second-order valence-corrected chi connectivity index (χ2v) is 9.93. The van der Waals surface area contributed by atoms with Crippen LogP contribution in [0.25, 0.3) is 0 Å². The van der Waals surface area contributed by atoms with E-state index in [1.807, 2.05) is 11.0 Å². The van der Waals surface area contributed by atoms with Crippen LogP contribution in [0.2, 0.25) is 0 Å². The predicted molar refractivity (Wildman–Crippen MR) is 116 cm³/mol.